The molecule has 0 saturated carbocycles. The van der Waals surface area contributed by atoms with Gasteiger partial charge in [0, 0.05) is 30.8 Å². The first-order valence-corrected chi connectivity index (χ1v) is 7.56. The average molecular weight is 288 g/mol. The van der Waals surface area contributed by atoms with Gasteiger partial charge in [-0.05, 0) is 38.8 Å². The Bertz CT molecular complexity index is 539. The summed E-state index contributed by atoms with van der Waals surface area (Å²) in [4.78, 5) is 8.89. The Morgan fingerprint density at radius 2 is 2.19 bits per heavy atom. The number of aromatic nitrogens is 2. The van der Waals surface area contributed by atoms with E-state index in [1.807, 2.05) is 25.1 Å². The summed E-state index contributed by atoms with van der Waals surface area (Å²) in [5.74, 6) is 2.58. The molecule has 5 nitrogen and oxygen atoms in total. The van der Waals surface area contributed by atoms with Crippen molar-refractivity contribution >= 4 is 11.8 Å². The van der Waals surface area contributed by atoms with Gasteiger partial charge >= 0.3 is 0 Å². The van der Waals surface area contributed by atoms with E-state index in [4.69, 9.17) is 4.42 Å². The van der Waals surface area contributed by atoms with Gasteiger partial charge in [-0.2, -0.15) is 4.98 Å². The molecule has 5 heteroatoms. The molecule has 2 aromatic heterocycles. The van der Waals surface area contributed by atoms with Gasteiger partial charge in [0.25, 0.3) is 0 Å². The Balaban J connectivity index is 1.90. The fourth-order valence-corrected chi connectivity index (χ4v) is 2.10. The van der Waals surface area contributed by atoms with Crippen molar-refractivity contribution in [1.29, 1.82) is 0 Å². The maximum absolute atomic E-state index is 5.35. The van der Waals surface area contributed by atoms with E-state index in [1.165, 1.54) is 0 Å². The zero-order valence-electron chi connectivity index (χ0n) is 13.0. The molecule has 0 saturated heterocycles. The molecule has 0 aliphatic carbocycles. The quantitative estimate of drug-likeness (QED) is 0.776. The molecule has 1 unspecified atom stereocenters. The number of anilines is 2. The largest absolute Gasteiger partial charge is 0.469 e. The van der Waals surface area contributed by atoms with Crippen molar-refractivity contribution in [2.75, 3.05) is 17.2 Å². The topological polar surface area (TPSA) is 63.0 Å². The van der Waals surface area contributed by atoms with Crippen LogP contribution in [0.5, 0.6) is 0 Å². The number of hydrogen-bond acceptors (Lipinski definition) is 5. The van der Waals surface area contributed by atoms with Crippen molar-refractivity contribution in [2.24, 2.45) is 0 Å². The number of nitrogens with zero attached hydrogens (tertiary/aromatic N) is 2. The van der Waals surface area contributed by atoms with Crippen LogP contribution in [0, 0.1) is 6.92 Å². The molecule has 0 bridgehead atoms. The van der Waals surface area contributed by atoms with Crippen molar-refractivity contribution in [3.63, 3.8) is 0 Å². The lowest BCUT2D eigenvalue weighted by molar-refractivity contribution is 0.495. The molecule has 114 valence electrons. The molecule has 0 fully saturated rings. The van der Waals surface area contributed by atoms with Crippen LogP contribution in [0.2, 0.25) is 0 Å². The molecule has 0 spiro atoms. The fraction of sp³-hybridized carbons (Fsp3) is 0.500. The number of nitrogens with one attached hydrogen (secondary N) is 2. The molecule has 0 aromatic carbocycles. The third-order valence-corrected chi connectivity index (χ3v) is 3.19. The van der Waals surface area contributed by atoms with Crippen LogP contribution in [-0.2, 0) is 6.42 Å². The molecule has 0 aliphatic rings. The molecule has 0 aliphatic heterocycles. The van der Waals surface area contributed by atoms with Crippen LogP contribution in [0.25, 0.3) is 0 Å². The van der Waals surface area contributed by atoms with E-state index in [-0.39, 0.29) is 0 Å². The van der Waals surface area contributed by atoms with E-state index >= 15 is 0 Å². The number of rotatable bonds is 8. The number of aryl methyl sites for hydroxylation is 2. The van der Waals surface area contributed by atoms with E-state index in [2.05, 4.69) is 34.4 Å². The minimum absolute atomic E-state index is 0.323. The van der Waals surface area contributed by atoms with Crippen LogP contribution in [0.15, 0.2) is 28.9 Å². The van der Waals surface area contributed by atoms with Gasteiger partial charge in [-0.25, -0.2) is 4.98 Å². The zero-order chi connectivity index (χ0) is 15.1. The average Bonchev–Trinajstić information content (AvgIpc) is 2.95. The smallest absolute Gasteiger partial charge is 0.224 e. The normalized spacial score (nSPS) is 12.1. The minimum atomic E-state index is 0.323. The van der Waals surface area contributed by atoms with Crippen LogP contribution in [-0.4, -0.2) is 22.6 Å². The van der Waals surface area contributed by atoms with Gasteiger partial charge in [-0.1, -0.05) is 6.92 Å². The predicted molar refractivity (Wildman–Crippen MR) is 85.7 cm³/mol. The van der Waals surface area contributed by atoms with Gasteiger partial charge in [-0.3, -0.25) is 0 Å². The van der Waals surface area contributed by atoms with E-state index in [9.17, 15) is 0 Å². The Morgan fingerprint density at radius 3 is 2.90 bits per heavy atom. The maximum Gasteiger partial charge on any atom is 0.224 e. The van der Waals surface area contributed by atoms with Crippen LogP contribution in [0.1, 0.15) is 38.1 Å². The summed E-state index contributed by atoms with van der Waals surface area (Å²) in [6.07, 6.45) is 4.69. The summed E-state index contributed by atoms with van der Waals surface area (Å²) in [7, 11) is 0. The SMILES string of the molecule is CCCNc1nc(C)cc(NC(C)CCc2ccco2)n1. The molecular formula is C16H24N4O. The van der Waals surface area contributed by atoms with Gasteiger partial charge in [-0.15, -0.1) is 0 Å². The highest BCUT2D eigenvalue weighted by Crippen LogP contribution is 2.13. The molecule has 2 heterocycles. The fourth-order valence-electron chi connectivity index (χ4n) is 2.10. The molecule has 0 amide bonds. The lowest BCUT2D eigenvalue weighted by Crippen LogP contribution is -2.18. The molecule has 21 heavy (non-hydrogen) atoms. The molecule has 2 N–H and O–H groups in total. The van der Waals surface area contributed by atoms with Crippen molar-refractivity contribution in [2.45, 2.75) is 46.1 Å². The molecule has 2 aromatic rings. The second-order valence-corrected chi connectivity index (χ2v) is 5.31. The van der Waals surface area contributed by atoms with Crippen molar-refractivity contribution in [3.8, 4) is 0 Å². The summed E-state index contributed by atoms with van der Waals surface area (Å²) in [6.45, 7) is 7.15. The predicted octanol–water partition coefficient (Wildman–Crippen LogP) is 3.63. The first-order chi connectivity index (χ1) is 10.2. The monoisotopic (exact) mass is 288 g/mol. The van der Waals surface area contributed by atoms with E-state index in [1.54, 1.807) is 6.26 Å². The molecular weight excluding hydrogens is 264 g/mol. The highest BCUT2D eigenvalue weighted by atomic mass is 16.3. The van der Waals surface area contributed by atoms with Gasteiger partial charge < -0.3 is 15.1 Å². The zero-order valence-corrected chi connectivity index (χ0v) is 13.0. The highest BCUT2D eigenvalue weighted by Gasteiger charge is 2.07. The number of hydrogen-bond donors (Lipinski definition) is 2. The Labute approximate surface area is 126 Å². The summed E-state index contributed by atoms with van der Waals surface area (Å²) in [5.41, 5.74) is 0.962. The molecule has 1 atom stereocenters. The van der Waals surface area contributed by atoms with E-state index in [0.717, 1.165) is 43.1 Å². The number of furan rings is 1. The lowest BCUT2D eigenvalue weighted by atomic mass is 10.1. The third kappa shape index (κ3) is 5.10. The third-order valence-electron chi connectivity index (χ3n) is 3.19. The van der Waals surface area contributed by atoms with Gasteiger partial charge in [0.2, 0.25) is 5.95 Å². The van der Waals surface area contributed by atoms with Crippen molar-refractivity contribution in [1.82, 2.24) is 9.97 Å². The first-order valence-electron chi connectivity index (χ1n) is 7.56. The first kappa shape index (κ1) is 15.4. The second-order valence-electron chi connectivity index (χ2n) is 5.31. The second kappa shape index (κ2) is 7.67. The van der Waals surface area contributed by atoms with E-state index in [0.29, 0.717) is 12.0 Å². The Hall–Kier alpha value is -2.04. The Kier molecular flexibility index (Phi) is 5.60. The molecule has 2 rings (SSSR count). The maximum atomic E-state index is 5.35. The van der Waals surface area contributed by atoms with Crippen LogP contribution in [0.4, 0.5) is 11.8 Å². The van der Waals surface area contributed by atoms with Crippen molar-refractivity contribution < 1.29 is 4.42 Å². The summed E-state index contributed by atoms with van der Waals surface area (Å²) in [6, 6.07) is 6.23. The summed E-state index contributed by atoms with van der Waals surface area (Å²) >= 11 is 0. The van der Waals surface area contributed by atoms with Crippen molar-refractivity contribution in [3.05, 3.63) is 35.9 Å². The van der Waals surface area contributed by atoms with Gasteiger partial charge in [0.05, 0.1) is 6.26 Å². The highest BCUT2D eigenvalue weighted by molar-refractivity contribution is 5.42. The summed E-state index contributed by atoms with van der Waals surface area (Å²) in [5, 5.41) is 6.66. The van der Waals surface area contributed by atoms with Gasteiger partial charge in [0.15, 0.2) is 0 Å². The van der Waals surface area contributed by atoms with Crippen LogP contribution in [0.3, 0.4) is 0 Å². The van der Waals surface area contributed by atoms with Crippen LogP contribution < -0.4 is 10.6 Å². The standard InChI is InChI=1S/C16H24N4O/c1-4-9-17-16-19-13(3)11-15(20-16)18-12(2)7-8-14-6-5-10-21-14/h5-6,10-12H,4,7-9H2,1-3H3,(H2,17,18,19,20). The van der Waals surface area contributed by atoms with Crippen LogP contribution >= 0.6 is 0 Å². The lowest BCUT2D eigenvalue weighted by Gasteiger charge is -2.15. The molecule has 0 radical (unpaired) electrons. The minimum Gasteiger partial charge on any atom is -0.469 e. The van der Waals surface area contributed by atoms with E-state index < -0.39 is 0 Å². The van der Waals surface area contributed by atoms with Gasteiger partial charge in [0.1, 0.15) is 11.6 Å². The summed E-state index contributed by atoms with van der Waals surface area (Å²) < 4.78 is 5.35. The Morgan fingerprint density at radius 1 is 1.33 bits per heavy atom.